The number of amides is 4. The number of anilines is 1. The fourth-order valence-corrected chi connectivity index (χ4v) is 4.12. The molecule has 174 valence electrons. The van der Waals surface area contributed by atoms with Gasteiger partial charge in [-0.2, -0.15) is 0 Å². The first kappa shape index (κ1) is 22.4. The third kappa shape index (κ3) is 4.41. The van der Waals surface area contributed by atoms with Gasteiger partial charge >= 0.3 is 12.1 Å². The summed E-state index contributed by atoms with van der Waals surface area (Å²) in [6.07, 6.45) is 1.65. The second-order valence-electron chi connectivity index (χ2n) is 8.46. The molecule has 0 bridgehead atoms. The molecule has 1 atom stereocenters. The summed E-state index contributed by atoms with van der Waals surface area (Å²) in [6.45, 7) is 4.50. The van der Waals surface area contributed by atoms with Gasteiger partial charge in [-0.25, -0.2) is 14.0 Å². The number of hydrogen-bond donors (Lipinski definition) is 3. The van der Waals surface area contributed by atoms with Crippen LogP contribution in [0.1, 0.15) is 28.9 Å². The van der Waals surface area contributed by atoms with Gasteiger partial charge in [0.1, 0.15) is 5.82 Å². The Morgan fingerprint density at radius 3 is 2.79 bits per heavy atom. The van der Waals surface area contributed by atoms with Crippen LogP contribution in [0.2, 0.25) is 0 Å². The molecule has 0 aliphatic carbocycles. The molecule has 2 aliphatic heterocycles. The number of halogens is 1. The van der Waals surface area contributed by atoms with Gasteiger partial charge < -0.3 is 30.2 Å². The molecule has 33 heavy (non-hydrogen) atoms. The van der Waals surface area contributed by atoms with Crippen molar-refractivity contribution in [2.75, 3.05) is 32.5 Å². The van der Waals surface area contributed by atoms with Crippen LogP contribution in [0.3, 0.4) is 0 Å². The van der Waals surface area contributed by atoms with Crippen molar-refractivity contribution in [1.29, 1.82) is 0 Å². The lowest BCUT2D eigenvalue weighted by molar-refractivity contribution is -0.110. The highest BCUT2D eigenvalue weighted by atomic mass is 19.1. The van der Waals surface area contributed by atoms with Gasteiger partial charge in [-0.3, -0.25) is 4.79 Å². The maximum Gasteiger partial charge on any atom is 0.412 e. The Hall–Kier alpha value is -3.82. The van der Waals surface area contributed by atoms with Crippen LogP contribution in [0.15, 0.2) is 18.2 Å². The summed E-state index contributed by atoms with van der Waals surface area (Å²) < 4.78 is 19.3. The van der Waals surface area contributed by atoms with Crippen LogP contribution >= 0.6 is 0 Å². The molecule has 1 aromatic carbocycles. The van der Waals surface area contributed by atoms with Crippen molar-refractivity contribution in [3.05, 3.63) is 46.5 Å². The lowest BCUT2D eigenvalue weighted by atomic mass is 10.0. The van der Waals surface area contributed by atoms with Gasteiger partial charge in [-0.05, 0) is 44.5 Å². The molecule has 3 heterocycles. The highest BCUT2D eigenvalue weighted by Crippen LogP contribution is 2.35. The number of carbonyl (C=O) groups is 3. The van der Waals surface area contributed by atoms with Gasteiger partial charge in [-0.15, -0.1) is 0 Å². The van der Waals surface area contributed by atoms with Crippen LogP contribution < -0.4 is 15.4 Å². The van der Waals surface area contributed by atoms with Crippen molar-refractivity contribution in [2.24, 2.45) is 0 Å². The zero-order chi connectivity index (χ0) is 23.9. The number of H-pyrrole nitrogens is 1. The predicted molar refractivity (Wildman–Crippen MR) is 121 cm³/mol. The number of likely N-dealkylation sites (tertiary alicyclic amines) is 1. The summed E-state index contributed by atoms with van der Waals surface area (Å²) in [7, 11) is 3.37. The molecule has 0 unspecified atom stereocenters. The molecule has 4 rings (SSSR count). The Bertz CT molecular complexity index is 1170. The molecule has 9 nitrogen and oxygen atoms in total. The van der Waals surface area contributed by atoms with Crippen LogP contribution in [0.4, 0.5) is 19.7 Å². The van der Waals surface area contributed by atoms with Crippen molar-refractivity contribution < 1.29 is 23.5 Å². The van der Waals surface area contributed by atoms with Crippen LogP contribution in [0.5, 0.6) is 5.75 Å². The van der Waals surface area contributed by atoms with E-state index in [9.17, 15) is 18.8 Å². The van der Waals surface area contributed by atoms with Gasteiger partial charge in [0.2, 0.25) is 0 Å². The minimum absolute atomic E-state index is 0.0972. The number of fused-ring (bicyclic) bond motifs is 1. The second kappa shape index (κ2) is 8.61. The Morgan fingerprint density at radius 2 is 2.06 bits per heavy atom. The second-order valence-corrected chi connectivity index (χ2v) is 8.46. The van der Waals surface area contributed by atoms with E-state index in [4.69, 9.17) is 4.74 Å². The largest absolute Gasteiger partial charge is 0.412 e. The molecule has 2 aromatic rings. The first-order valence-electron chi connectivity index (χ1n) is 10.6. The van der Waals surface area contributed by atoms with E-state index in [0.717, 1.165) is 0 Å². The summed E-state index contributed by atoms with van der Waals surface area (Å²) >= 11 is 0. The molecule has 2 aliphatic rings. The molecular weight excluding hydrogens is 429 g/mol. The summed E-state index contributed by atoms with van der Waals surface area (Å²) in [5.74, 6) is -0.411. The third-order valence-corrected chi connectivity index (χ3v) is 5.82. The monoisotopic (exact) mass is 455 g/mol. The number of aryl methyl sites for hydroxylation is 1. The Kier molecular flexibility index (Phi) is 5.84. The van der Waals surface area contributed by atoms with E-state index in [1.165, 1.54) is 23.1 Å². The number of nitrogens with zero attached hydrogens (tertiary/aromatic N) is 2. The van der Waals surface area contributed by atoms with E-state index in [1.54, 1.807) is 38.9 Å². The average Bonchev–Trinajstić information content (AvgIpc) is 3.41. The fourth-order valence-electron chi connectivity index (χ4n) is 4.12. The highest BCUT2D eigenvalue weighted by Gasteiger charge is 2.29. The molecule has 10 heteroatoms. The van der Waals surface area contributed by atoms with Gasteiger partial charge in [0.25, 0.3) is 5.91 Å². The van der Waals surface area contributed by atoms with Crippen LogP contribution in [-0.4, -0.2) is 66.0 Å². The van der Waals surface area contributed by atoms with Crippen LogP contribution in [0, 0.1) is 19.7 Å². The number of ether oxygens (including phenoxy) is 1. The number of urea groups is 1. The van der Waals surface area contributed by atoms with Crippen molar-refractivity contribution >= 4 is 35.4 Å². The maximum absolute atomic E-state index is 13.7. The summed E-state index contributed by atoms with van der Waals surface area (Å²) in [5, 5.41) is 5.52. The van der Waals surface area contributed by atoms with E-state index in [1.807, 2.05) is 0 Å². The zero-order valence-electron chi connectivity index (χ0n) is 18.9. The molecule has 3 N–H and O–H groups in total. The minimum Gasteiger partial charge on any atom is -0.408 e. The van der Waals surface area contributed by atoms with E-state index in [-0.39, 0.29) is 18.0 Å². The molecule has 1 fully saturated rings. The number of rotatable bonds is 3. The van der Waals surface area contributed by atoms with Gasteiger partial charge in [0.15, 0.2) is 5.75 Å². The van der Waals surface area contributed by atoms with Crippen molar-refractivity contribution in [3.63, 3.8) is 0 Å². The number of hydrogen-bond acceptors (Lipinski definition) is 4. The smallest absolute Gasteiger partial charge is 0.408 e. The SMILES string of the molecule is Cc1[nH]c(/C=C2\C(=O)Nc3ccc(F)cc32)c(C)c1OC(=O)N[C@H]1CCN(C(=O)N(C)C)C1. The van der Waals surface area contributed by atoms with E-state index < -0.39 is 11.9 Å². The first-order valence-corrected chi connectivity index (χ1v) is 10.6. The predicted octanol–water partition coefficient (Wildman–Crippen LogP) is 3.11. The molecule has 1 saturated heterocycles. The van der Waals surface area contributed by atoms with Gasteiger partial charge in [0, 0.05) is 49.7 Å². The van der Waals surface area contributed by atoms with E-state index in [0.29, 0.717) is 59.0 Å². The number of benzene rings is 1. The Balaban J connectivity index is 1.47. The fraction of sp³-hybridized carbons (Fsp3) is 0.348. The average molecular weight is 455 g/mol. The van der Waals surface area contributed by atoms with Crippen molar-refractivity contribution in [2.45, 2.75) is 26.3 Å². The van der Waals surface area contributed by atoms with Crippen molar-refractivity contribution in [1.82, 2.24) is 20.1 Å². The summed E-state index contributed by atoms with van der Waals surface area (Å²) in [4.78, 5) is 43.3. The Morgan fingerprint density at radius 1 is 1.30 bits per heavy atom. The van der Waals surface area contributed by atoms with Crippen molar-refractivity contribution in [3.8, 4) is 5.75 Å². The van der Waals surface area contributed by atoms with E-state index >= 15 is 0 Å². The lowest BCUT2D eigenvalue weighted by Gasteiger charge is -2.21. The van der Waals surface area contributed by atoms with Crippen LogP contribution in [-0.2, 0) is 4.79 Å². The maximum atomic E-state index is 13.7. The topological polar surface area (TPSA) is 107 Å². The molecular formula is C23H26FN5O4. The first-order chi connectivity index (χ1) is 15.6. The molecule has 1 aromatic heterocycles. The quantitative estimate of drug-likeness (QED) is 0.618. The molecule has 0 radical (unpaired) electrons. The number of nitrogens with one attached hydrogen (secondary N) is 3. The molecule has 4 amide bonds. The molecule has 0 saturated carbocycles. The third-order valence-electron chi connectivity index (χ3n) is 5.82. The zero-order valence-corrected chi connectivity index (χ0v) is 18.9. The van der Waals surface area contributed by atoms with Gasteiger partial charge in [-0.1, -0.05) is 0 Å². The standard InChI is InChI=1S/C23H26FN5O4/c1-12-19(10-17-16-9-14(24)5-6-18(16)27-21(17)30)25-13(2)20(12)33-22(31)26-15-7-8-29(11-15)23(32)28(3)4/h5-6,9-10,15,25H,7-8,11H2,1-4H3,(H,26,31)(H,27,30)/b17-10-/t15-/m0/s1. The Labute approximate surface area is 190 Å². The number of aromatic amines is 1. The number of carbonyl (C=O) groups excluding carboxylic acids is 3. The van der Waals surface area contributed by atoms with E-state index in [2.05, 4.69) is 15.6 Å². The van der Waals surface area contributed by atoms with Crippen LogP contribution in [0.25, 0.3) is 11.6 Å². The highest BCUT2D eigenvalue weighted by molar-refractivity contribution is 6.34. The summed E-state index contributed by atoms with van der Waals surface area (Å²) in [5.41, 5.74) is 3.18. The minimum atomic E-state index is -0.616. The normalized spacial score (nSPS) is 18.3. The number of aromatic nitrogens is 1. The van der Waals surface area contributed by atoms with Gasteiger partial charge in [0.05, 0.1) is 17.3 Å². The summed E-state index contributed by atoms with van der Waals surface area (Å²) in [6, 6.07) is 3.82. The lowest BCUT2D eigenvalue weighted by Crippen LogP contribution is -2.42. The molecule has 0 spiro atoms.